The molecule has 5 aromatic rings. The highest BCUT2D eigenvalue weighted by Crippen LogP contribution is 2.30. The normalized spacial score (nSPS) is 11.0. The maximum atomic E-state index is 5.97. The summed E-state index contributed by atoms with van der Waals surface area (Å²) in [6.07, 6.45) is 3.75. The number of aromatic amines is 2. The van der Waals surface area contributed by atoms with Gasteiger partial charge in [-0.15, -0.1) is 0 Å². The van der Waals surface area contributed by atoms with Gasteiger partial charge >= 0.3 is 0 Å². The van der Waals surface area contributed by atoms with Crippen molar-refractivity contribution in [1.29, 1.82) is 0 Å². The molecule has 0 fully saturated rings. The van der Waals surface area contributed by atoms with E-state index < -0.39 is 0 Å². The Morgan fingerprint density at radius 3 is 2.64 bits per heavy atom. The number of hydrogen-bond donors (Lipinski definition) is 2. The van der Waals surface area contributed by atoms with E-state index >= 15 is 0 Å². The van der Waals surface area contributed by atoms with Crippen LogP contribution in [0.15, 0.2) is 85.2 Å². The Morgan fingerprint density at radius 2 is 1.79 bits per heavy atom. The van der Waals surface area contributed by atoms with Gasteiger partial charge in [0.15, 0.2) is 5.65 Å². The quantitative estimate of drug-likeness (QED) is 0.449. The minimum absolute atomic E-state index is 0.542. The number of nitrogens with one attached hydrogen (secondary N) is 2. The molecule has 0 atom stereocenters. The van der Waals surface area contributed by atoms with Crippen LogP contribution in [0.25, 0.3) is 33.5 Å². The summed E-state index contributed by atoms with van der Waals surface area (Å²) >= 11 is 0. The molecule has 5 heteroatoms. The summed E-state index contributed by atoms with van der Waals surface area (Å²) in [6, 6.07) is 24.3. The Morgan fingerprint density at radius 1 is 0.857 bits per heavy atom. The average Bonchev–Trinajstić information content (AvgIpc) is 3.42. The van der Waals surface area contributed by atoms with E-state index in [0.717, 1.165) is 44.9 Å². The van der Waals surface area contributed by atoms with Gasteiger partial charge in [0.1, 0.15) is 18.1 Å². The van der Waals surface area contributed by atoms with Crippen molar-refractivity contribution in [3.8, 4) is 28.3 Å². The highest BCUT2D eigenvalue weighted by Gasteiger charge is 2.11. The van der Waals surface area contributed by atoms with Gasteiger partial charge in [0.25, 0.3) is 0 Å². The zero-order chi connectivity index (χ0) is 18.8. The van der Waals surface area contributed by atoms with E-state index in [1.807, 2.05) is 60.9 Å². The number of benzene rings is 2. The van der Waals surface area contributed by atoms with Gasteiger partial charge in [0, 0.05) is 23.3 Å². The summed E-state index contributed by atoms with van der Waals surface area (Å²) < 4.78 is 5.97. The van der Waals surface area contributed by atoms with E-state index in [0.29, 0.717) is 6.61 Å². The van der Waals surface area contributed by atoms with E-state index in [-0.39, 0.29) is 0 Å². The Labute approximate surface area is 162 Å². The number of fused-ring (bicyclic) bond motifs is 1. The second kappa shape index (κ2) is 7.04. The molecule has 0 aliphatic heterocycles. The first-order chi connectivity index (χ1) is 13.9. The van der Waals surface area contributed by atoms with Gasteiger partial charge in [-0.1, -0.05) is 42.5 Å². The molecule has 0 aliphatic rings. The number of H-pyrrole nitrogens is 2. The summed E-state index contributed by atoms with van der Waals surface area (Å²) in [6.45, 7) is 0.542. The van der Waals surface area contributed by atoms with Crippen LogP contribution in [0.1, 0.15) is 5.56 Å². The molecule has 0 spiro atoms. The molecule has 0 bridgehead atoms. The second-order valence-corrected chi connectivity index (χ2v) is 6.58. The summed E-state index contributed by atoms with van der Waals surface area (Å²) in [4.78, 5) is 7.74. The fourth-order valence-corrected chi connectivity index (χ4v) is 3.25. The summed E-state index contributed by atoms with van der Waals surface area (Å²) in [7, 11) is 0. The van der Waals surface area contributed by atoms with E-state index in [9.17, 15) is 0 Å². The van der Waals surface area contributed by atoms with Crippen LogP contribution in [-0.2, 0) is 6.61 Å². The average molecular weight is 366 g/mol. The van der Waals surface area contributed by atoms with Gasteiger partial charge in [-0.2, -0.15) is 5.10 Å². The lowest BCUT2D eigenvalue weighted by atomic mass is 10.1. The summed E-state index contributed by atoms with van der Waals surface area (Å²) in [5.41, 5.74) is 5.82. The van der Waals surface area contributed by atoms with Crippen molar-refractivity contribution < 1.29 is 4.74 Å². The summed E-state index contributed by atoms with van der Waals surface area (Å²) in [5.74, 6) is 0.832. The molecular weight excluding hydrogens is 348 g/mol. The largest absolute Gasteiger partial charge is 0.489 e. The first-order valence-electron chi connectivity index (χ1n) is 9.12. The van der Waals surface area contributed by atoms with Crippen molar-refractivity contribution in [1.82, 2.24) is 20.2 Å². The maximum absolute atomic E-state index is 5.97. The van der Waals surface area contributed by atoms with Crippen molar-refractivity contribution in [3.63, 3.8) is 0 Å². The third-order valence-corrected chi connectivity index (χ3v) is 4.69. The zero-order valence-electron chi connectivity index (χ0n) is 15.1. The highest BCUT2D eigenvalue weighted by atomic mass is 16.5. The standard InChI is InChI=1S/C23H18N4O/c1-2-6-16(7-3-1)15-28-19-9-4-8-17(12-19)18-13-20-22(21-10-5-11-24-21)26-27-23(20)25-14-18/h1-14,24H,15H2,(H,25,26,27). The van der Waals surface area contributed by atoms with Gasteiger partial charge in [-0.3, -0.25) is 5.10 Å². The molecule has 2 aromatic carbocycles. The van der Waals surface area contributed by atoms with Crippen molar-refractivity contribution >= 4 is 11.0 Å². The molecule has 2 N–H and O–H groups in total. The van der Waals surface area contributed by atoms with Crippen LogP contribution in [0.2, 0.25) is 0 Å². The minimum atomic E-state index is 0.542. The van der Waals surface area contributed by atoms with E-state index in [4.69, 9.17) is 4.74 Å². The lowest BCUT2D eigenvalue weighted by Crippen LogP contribution is -1.95. The minimum Gasteiger partial charge on any atom is -0.489 e. The Bertz CT molecular complexity index is 1210. The molecule has 136 valence electrons. The Balaban J connectivity index is 1.46. The number of aromatic nitrogens is 4. The molecule has 3 heterocycles. The van der Waals surface area contributed by atoms with Crippen molar-refractivity contribution in [3.05, 3.63) is 90.8 Å². The number of ether oxygens (including phenoxy) is 1. The predicted octanol–water partition coefficient (Wildman–Crippen LogP) is 5.20. The lowest BCUT2D eigenvalue weighted by Gasteiger charge is -2.08. The van der Waals surface area contributed by atoms with E-state index in [1.165, 1.54) is 0 Å². The van der Waals surface area contributed by atoms with E-state index in [1.54, 1.807) is 0 Å². The van der Waals surface area contributed by atoms with Gasteiger partial charge in [0.05, 0.1) is 5.69 Å². The Kier molecular flexibility index (Phi) is 4.10. The molecule has 5 nitrogen and oxygen atoms in total. The number of pyridine rings is 1. The molecule has 3 aromatic heterocycles. The van der Waals surface area contributed by atoms with Crippen LogP contribution in [0.3, 0.4) is 0 Å². The molecule has 0 saturated carbocycles. The van der Waals surface area contributed by atoms with Crippen LogP contribution in [0.5, 0.6) is 5.75 Å². The first-order valence-corrected chi connectivity index (χ1v) is 9.12. The zero-order valence-corrected chi connectivity index (χ0v) is 15.1. The maximum Gasteiger partial charge on any atom is 0.155 e. The molecule has 5 rings (SSSR count). The SMILES string of the molecule is c1ccc(COc2cccc(-c3cnc4[nH]nc(-c5ccc[nH]5)c4c3)c2)cc1. The lowest BCUT2D eigenvalue weighted by molar-refractivity contribution is 0.306. The first kappa shape index (κ1) is 16.3. The summed E-state index contributed by atoms with van der Waals surface area (Å²) in [5, 5.41) is 8.39. The van der Waals surface area contributed by atoms with Crippen molar-refractivity contribution in [2.24, 2.45) is 0 Å². The van der Waals surface area contributed by atoms with Crippen LogP contribution in [-0.4, -0.2) is 20.2 Å². The molecule has 0 saturated heterocycles. The predicted molar refractivity (Wildman–Crippen MR) is 110 cm³/mol. The molecular formula is C23H18N4O. The smallest absolute Gasteiger partial charge is 0.155 e. The Hall–Kier alpha value is -3.86. The van der Waals surface area contributed by atoms with Gasteiger partial charge in [0.2, 0.25) is 0 Å². The number of rotatable bonds is 5. The second-order valence-electron chi connectivity index (χ2n) is 6.58. The van der Waals surface area contributed by atoms with Crippen molar-refractivity contribution in [2.45, 2.75) is 6.61 Å². The number of nitrogens with zero attached hydrogens (tertiary/aromatic N) is 2. The molecule has 0 unspecified atom stereocenters. The third-order valence-electron chi connectivity index (χ3n) is 4.69. The van der Waals surface area contributed by atoms with Gasteiger partial charge in [-0.05, 0) is 41.5 Å². The topological polar surface area (TPSA) is 66.6 Å². The molecule has 0 amide bonds. The third kappa shape index (κ3) is 3.14. The number of hydrogen-bond acceptors (Lipinski definition) is 3. The van der Waals surface area contributed by atoms with Crippen molar-refractivity contribution in [2.75, 3.05) is 0 Å². The highest BCUT2D eigenvalue weighted by molar-refractivity contribution is 5.92. The van der Waals surface area contributed by atoms with Gasteiger partial charge < -0.3 is 9.72 Å². The van der Waals surface area contributed by atoms with Crippen LogP contribution in [0, 0.1) is 0 Å². The monoisotopic (exact) mass is 366 g/mol. The molecule has 0 radical (unpaired) electrons. The fraction of sp³-hybridized carbons (Fsp3) is 0.0435. The molecule has 28 heavy (non-hydrogen) atoms. The van der Waals surface area contributed by atoms with Gasteiger partial charge in [-0.25, -0.2) is 4.98 Å². The van der Waals surface area contributed by atoms with E-state index in [2.05, 4.69) is 44.4 Å². The fourth-order valence-electron chi connectivity index (χ4n) is 3.25. The molecule has 0 aliphatic carbocycles. The van der Waals surface area contributed by atoms with Crippen LogP contribution < -0.4 is 4.74 Å². The van der Waals surface area contributed by atoms with Crippen LogP contribution >= 0.6 is 0 Å². The van der Waals surface area contributed by atoms with Crippen LogP contribution in [0.4, 0.5) is 0 Å².